The van der Waals surface area contributed by atoms with Crippen molar-refractivity contribution in [3.8, 4) is 11.5 Å². The number of hydrogen-bond acceptors (Lipinski definition) is 6. The van der Waals surface area contributed by atoms with Gasteiger partial charge in [0.1, 0.15) is 22.7 Å². The molecule has 156 valence electrons. The molecule has 4 rings (SSSR count). The molecule has 29 heavy (non-hydrogen) atoms. The van der Waals surface area contributed by atoms with E-state index < -0.39 is 5.63 Å². The zero-order chi connectivity index (χ0) is 20.8. The van der Waals surface area contributed by atoms with E-state index in [-0.39, 0.29) is 24.2 Å². The van der Waals surface area contributed by atoms with Gasteiger partial charge >= 0.3 is 5.63 Å². The van der Waals surface area contributed by atoms with Gasteiger partial charge in [-0.05, 0) is 52.0 Å². The molecule has 2 aliphatic rings. The van der Waals surface area contributed by atoms with Crippen LogP contribution in [0.2, 0.25) is 0 Å². The van der Waals surface area contributed by atoms with Crippen molar-refractivity contribution in [2.24, 2.45) is 0 Å². The van der Waals surface area contributed by atoms with E-state index >= 15 is 0 Å². The van der Waals surface area contributed by atoms with Crippen LogP contribution in [0.15, 0.2) is 21.3 Å². The zero-order valence-corrected chi connectivity index (χ0v) is 17.1. The Bertz CT molecular complexity index is 1000. The number of carbonyl (C=O) groups excluding carboxylic acids is 1. The number of fused-ring (bicyclic) bond motifs is 3. The number of aliphatic hydroxyl groups is 1. The number of rotatable bonds is 3. The van der Waals surface area contributed by atoms with E-state index in [4.69, 9.17) is 13.9 Å². The molecule has 1 aromatic carbocycles. The molecule has 0 radical (unpaired) electrons. The molecular weight excluding hydrogens is 374 g/mol. The van der Waals surface area contributed by atoms with E-state index in [1.54, 1.807) is 11.0 Å². The van der Waals surface area contributed by atoms with Gasteiger partial charge in [-0.15, -0.1) is 0 Å². The smallest absolute Gasteiger partial charge is 0.336 e. The normalized spacial score (nSPS) is 19.0. The van der Waals surface area contributed by atoms with Crippen molar-refractivity contribution < 1.29 is 23.8 Å². The number of carbonyl (C=O) groups is 1. The second kappa shape index (κ2) is 7.37. The molecule has 0 aliphatic carbocycles. The fourth-order valence-corrected chi connectivity index (χ4v) is 4.08. The predicted octanol–water partition coefficient (Wildman–Crippen LogP) is 2.57. The maximum absolute atomic E-state index is 12.6. The summed E-state index contributed by atoms with van der Waals surface area (Å²) in [5.41, 5.74) is 1.34. The monoisotopic (exact) mass is 401 g/mol. The summed E-state index contributed by atoms with van der Waals surface area (Å²) in [4.78, 5) is 26.3. The van der Waals surface area contributed by atoms with Crippen LogP contribution >= 0.6 is 0 Å². The van der Waals surface area contributed by atoms with Crippen LogP contribution in [0.1, 0.15) is 44.2 Å². The first-order chi connectivity index (χ1) is 13.7. The quantitative estimate of drug-likeness (QED) is 0.795. The Hall–Kier alpha value is -2.54. The molecular formula is C22H27NO6. The lowest BCUT2D eigenvalue weighted by atomic mass is 9.92. The number of aliphatic hydroxyl groups excluding tert-OH is 1. The van der Waals surface area contributed by atoms with Crippen molar-refractivity contribution >= 4 is 16.9 Å². The first kappa shape index (κ1) is 19.8. The number of amides is 1. The van der Waals surface area contributed by atoms with E-state index in [0.717, 1.165) is 24.0 Å². The van der Waals surface area contributed by atoms with Crippen LogP contribution in [-0.4, -0.2) is 47.3 Å². The molecule has 7 heteroatoms. The van der Waals surface area contributed by atoms with Crippen LogP contribution in [0.4, 0.5) is 0 Å². The average molecular weight is 401 g/mol. The van der Waals surface area contributed by atoms with Crippen LogP contribution in [0.25, 0.3) is 11.0 Å². The lowest BCUT2D eigenvalue weighted by molar-refractivity contribution is -0.135. The fraction of sp³-hybridized carbons (Fsp3) is 0.545. The van der Waals surface area contributed by atoms with Crippen LogP contribution in [-0.2, 0) is 11.2 Å². The fourth-order valence-electron chi connectivity index (χ4n) is 4.08. The van der Waals surface area contributed by atoms with Gasteiger partial charge in [0.25, 0.3) is 5.91 Å². The molecule has 0 spiro atoms. The highest BCUT2D eigenvalue weighted by Crippen LogP contribution is 2.42. The number of hydrogen-bond donors (Lipinski definition) is 1. The second-order valence-corrected chi connectivity index (χ2v) is 8.57. The molecule has 0 unspecified atom stereocenters. The van der Waals surface area contributed by atoms with Gasteiger partial charge in [-0.25, -0.2) is 4.79 Å². The van der Waals surface area contributed by atoms with Gasteiger partial charge in [0.05, 0.1) is 11.5 Å². The number of aryl methyl sites for hydroxylation is 2. The summed E-state index contributed by atoms with van der Waals surface area (Å²) in [5, 5.41) is 10.3. The molecule has 2 aliphatic heterocycles. The Balaban J connectivity index is 1.67. The molecule has 7 nitrogen and oxygen atoms in total. The van der Waals surface area contributed by atoms with Gasteiger partial charge in [0, 0.05) is 30.8 Å². The van der Waals surface area contributed by atoms with E-state index in [1.165, 1.54) is 6.07 Å². The lowest BCUT2D eigenvalue weighted by Gasteiger charge is -2.33. The van der Waals surface area contributed by atoms with Crippen LogP contribution in [0, 0.1) is 6.92 Å². The zero-order valence-electron chi connectivity index (χ0n) is 17.1. The summed E-state index contributed by atoms with van der Waals surface area (Å²) in [6.07, 6.45) is 2.38. The lowest BCUT2D eigenvalue weighted by Crippen LogP contribution is -2.42. The number of piperidine rings is 1. The number of benzene rings is 1. The van der Waals surface area contributed by atoms with Crippen molar-refractivity contribution in [2.75, 3.05) is 19.7 Å². The molecule has 1 N–H and O–H groups in total. The summed E-state index contributed by atoms with van der Waals surface area (Å²) in [7, 11) is 0. The largest absolute Gasteiger partial charge is 0.487 e. The first-order valence-corrected chi connectivity index (χ1v) is 10.1. The number of ether oxygens (including phenoxy) is 2. The third-order valence-electron chi connectivity index (χ3n) is 5.77. The van der Waals surface area contributed by atoms with Crippen LogP contribution in [0.5, 0.6) is 11.5 Å². The Labute approximate surface area is 169 Å². The van der Waals surface area contributed by atoms with Crippen LogP contribution < -0.4 is 15.1 Å². The SMILES string of the molecule is Cc1cc(=O)oc2c3c(cc(OCC(=O)N4CCC(O)CC4)c12)OC(C)(C)CC3. The Kier molecular flexibility index (Phi) is 5.02. The summed E-state index contributed by atoms with van der Waals surface area (Å²) in [6.45, 7) is 6.80. The van der Waals surface area contributed by atoms with E-state index in [0.29, 0.717) is 48.4 Å². The molecule has 1 saturated heterocycles. The molecule has 0 atom stereocenters. The van der Waals surface area contributed by atoms with Crippen molar-refractivity contribution in [3.63, 3.8) is 0 Å². The van der Waals surface area contributed by atoms with Crippen molar-refractivity contribution in [1.82, 2.24) is 4.90 Å². The Morgan fingerprint density at radius 3 is 2.76 bits per heavy atom. The van der Waals surface area contributed by atoms with Gasteiger partial charge in [0.2, 0.25) is 0 Å². The highest BCUT2D eigenvalue weighted by molar-refractivity contribution is 5.91. The van der Waals surface area contributed by atoms with Crippen molar-refractivity contribution in [3.05, 3.63) is 33.7 Å². The Morgan fingerprint density at radius 1 is 1.31 bits per heavy atom. The summed E-state index contributed by atoms with van der Waals surface area (Å²) >= 11 is 0. The molecule has 1 aromatic heterocycles. The number of likely N-dealkylation sites (tertiary alicyclic amines) is 1. The average Bonchev–Trinajstić information content (AvgIpc) is 2.65. The molecule has 1 fully saturated rings. The minimum atomic E-state index is -0.415. The van der Waals surface area contributed by atoms with Gasteiger partial charge in [-0.2, -0.15) is 0 Å². The van der Waals surface area contributed by atoms with Crippen molar-refractivity contribution in [1.29, 1.82) is 0 Å². The minimum absolute atomic E-state index is 0.119. The van der Waals surface area contributed by atoms with Gasteiger partial charge in [-0.3, -0.25) is 4.79 Å². The molecule has 0 bridgehead atoms. The molecule has 3 heterocycles. The molecule has 1 amide bonds. The van der Waals surface area contributed by atoms with Gasteiger partial charge in [0.15, 0.2) is 6.61 Å². The maximum Gasteiger partial charge on any atom is 0.336 e. The highest BCUT2D eigenvalue weighted by atomic mass is 16.5. The van der Waals surface area contributed by atoms with Crippen LogP contribution in [0.3, 0.4) is 0 Å². The van der Waals surface area contributed by atoms with Crippen molar-refractivity contribution in [2.45, 2.75) is 58.2 Å². The third-order valence-corrected chi connectivity index (χ3v) is 5.77. The minimum Gasteiger partial charge on any atom is -0.487 e. The van der Waals surface area contributed by atoms with Gasteiger partial charge < -0.3 is 23.9 Å². The molecule has 2 aromatic rings. The van der Waals surface area contributed by atoms with Gasteiger partial charge in [-0.1, -0.05) is 0 Å². The summed E-state index contributed by atoms with van der Waals surface area (Å²) in [6, 6.07) is 3.24. The van der Waals surface area contributed by atoms with E-state index in [9.17, 15) is 14.7 Å². The standard InChI is InChI=1S/C22H27NO6/c1-13-10-19(26)28-21-15-4-7-22(2,3)29-16(15)11-17(20(13)21)27-12-18(25)23-8-5-14(24)6-9-23/h10-11,14,24H,4-9,12H2,1-3H3. The maximum atomic E-state index is 12.6. The molecule has 0 saturated carbocycles. The summed E-state index contributed by atoms with van der Waals surface area (Å²) in [5.74, 6) is 0.980. The Morgan fingerprint density at radius 2 is 2.03 bits per heavy atom. The first-order valence-electron chi connectivity index (χ1n) is 10.1. The predicted molar refractivity (Wildman–Crippen MR) is 108 cm³/mol. The second-order valence-electron chi connectivity index (χ2n) is 8.57. The third kappa shape index (κ3) is 3.96. The van der Waals surface area contributed by atoms with E-state index in [1.807, 2.05) is 20.8 Å². The highest BCUT2D eigenvalue weighted by Gasteiger charge is 2.31. The summed E-state index contributed by atoms with van der Waals surface area (Å²) < 4.78 is 17.6. The number of nitrogens with zero attached hydrogens (tertiary/aromatic N) is 1. The topological polar surface area (TPSA) is 89.2 Å². The van der Waals surface area contributed by atoms with E-state index in [2.05, 4.69) is 0 Å².